The predicted molar refractivity (Wildman–Crippen MR) is 74.7 cm³/mol. The minimum Gasteiger partial charge on any atom is -0.464 e. The Morgan fingerprint density at radius 1 is 1.25 bits per heavy atom. The van der Waals surface area contributed by atoms with Crippen LogP contribution in [0.4, 0.5) is 4.79 Å². The molecule has 0 aliphatic carbocycles. The van der Waals surface area contributed by atoms with Gasteiger partial charge < -0.3 is 9.47 Å². The summed E-state index contributed by atoms with van der Waals surface area (Å²) in [6, 6.07) is 9.28. The third kappa shape index (κ3) is 5.56. The molecule has 1 aromatic carbocycles. The molecule has 0 unspecified atom stereocenters. The van der Waals surface area contributed by atoms with E-state index < -0.39 is 12.1 Å². The Morgan fingerprint density at radius 2 is 1.90 bits per heavy atom. The first kappa shape index (κ1) is 15.8. The fourth-order valence-corrected chi connectivity index (χ4v) is 1.47. The molecular formula is C15H19NO4. The lowest BCUT2D eigenvalue weighted by Crippen LogP contribution is -2.29. The molecule has 0 saturated carbocycles. The van der Waals surface area contributed by atoms with Crippen LogP contribution in [-0.4, -0.2) is 19.2 Å². The average molecular weight is 277 g/mol. The SMILES string of the molecule is COC(=O)C(=CC(C)C)NC(=O)OCc1ccccc1. The van der Waals surface area contributed by atoms with Crippen LogP contribution < -0.4 is 5.32 Å². The van der Waals surface area contributed by atoms with E-state index in [1.165, 1.54) is 7.11 Å². The summed E-state index contributed by atoms with van der Waals surface area (Å²) in [5.74, 6) is -0.506. The Bertz CT molecular complexity index is 480. The summed E-state index contributed by atoms with van der Waals surface area (Å²) in [5.41, 5.74) is 0.954. The molecule has 0 saturated heterocycles. The zero-order chi connectivity index (χ0) is 15.0. The number of methoxy groups -OCH3 is 1. The van der Waals surface area contributed by atoms with Crippen molar-refractivity contribution >= 4 is 12.1 Å². The number of ether oxygens (including phenoxy) is 2. The number of alkyl carbamates (subject to hydrolysis) is 1. The standard InChI is InChI=1S/C15H19NO4/c1-11(2)9-13(14(17)19-3)16-15(18)20-10-12-7-5-4-6-8-12/h4-9,11H,10H2,1-3H3,(H,16,18). The van der Waals surface area contributed by atoms with Crippen LogP contribution in [0.5, 0.6) is 0 Å². The summed E-state index contributed by atoms with van der Waals surface area (Å²) in [6.07, 6.45) is 0.918. The van der Waals surface area contributed by atoms with Gasteiger partial charge in [-0.15, -0.1) is 0 Å². The first-order valence-corrected chi connectivity index (χ1v) is 6.30. The van der Waals surface area contributed by atoms with Gasteiger partial charge in [0.1, 0.15) is 12.3 Å². The van der Waals surface area contributed by atoms with E-state index in [0.29, 0.717) is 0 Å². The lowest BCUT2D eigenvalue weighted by Gasteiger charge is -2.10. The van der Waals surface area contributed by atoms with E-state index in [-0.39, 0.29) is 18.2 Å². The van der Waals surface area contributed by atoms with Crippen molar-refractivity contribution in [3.8, 4) is 0 Å². The summed E-state index contributed by atoms with van der Waals surface area (Å²) in [5, 5.41) is 2.39. The van der Waals surface area contributed by atoms with Crippen LogP contribution in [-0.2, 0) is 20.9 Å². The molecule has 1 aromatic rings. The molecular weight excluding hydrogens is 258 g/mol. The highest BCUT2D eigenvalue weighted by Crippen LogP contribution is 2.04. The third-order valence-electron chi connectivity index (χ3n) is 2.35. The Kier molecular flexibility index (Phi) is 6.29. The van der Waals surface area contributed by atoms with E-state index in [4.69, 9.17) is 4.74 Å². The predicted octanol–water partition coefficient (Wildman–Crippen LogP) is 2.63. The molecule has 0 radical (unpaired) electrons. The van der Waals surface area contributed by atoms with Crippen molar-refractivity contribution in [2.24, 2.45) is 5.92 Å². The molecule has 0 fully saturated rings. The van der Waals surface area contributed by atoms with Crippen LogP contribution in [0.2, 0.25) is 0 Å². The zero-order valence-electron chi connectivity index (χ0n) is 11.9. The number of allylic oxidation sites excluding steroid dienone is 1. The van der Waals surface area contributed by atoms with Crippen molar-refractivity contribution in [3.05, 3.63) is 47.7 Å². The molecule has 1 N–H and O–H groups in total. The topological polar surface area (TPSA) is 64.6 Å². The quantitative estimate of drug-likeness (QED) is 0.663. The van der Waals surface area contributed by atoms with Gasteiger partial charge in [-0.2, -0.15) is 0 Å². The zero-order valence-corrected chi connectivity index (χ0v) is 11.9. The number of hydrogen-bond acceptors (Lipinski definition) is 4. The molecule has 108 valence electrons. The average Bonchev–Trinajstić information content (AvgIpc) is 2.44. The van der Waals surface area contributed by atoms with Gasteiger partial charge in [-0.1, -0.05) is 50.3 Å². The van der Waals surface area contributed by atoms with Crippen LogP contribution in [0.3, 0.4) is 0 Å². The van der Waals surface area contributed by atoms with Crippen molar-refractivity contribution in [2.45, 2.75) is 20.5 Å². The summed E-state index contributed by atoms with van der Waals surface area (Å²) in [6.45, 7) is 3.92. The van der Waals surface area contributed by atoms with Gasteiger partial charge in [0.05, 0.1) is 7.11 Å². The summed E-state index contributed by atoms with van der Waals surface area (Å²) >= 11 is 0. The first-order chi connectivity index (χ1) is 9.52. The summed E-state index contributed by atoms with van der Waals surface area (Å²) in [7, 11) is 1.26. The van der Waals surface area contributed by atoms with Gasteiger partial charge >= 0.3 is 12.1 Å². The second-order valence-corrected chi connectivity index (χ2v) is 4.50. The first-order valence-electron chi connectivity index (χ1n) is 6.30. The molecule has 0 heterocycles. The number of nitrogens with one attached hydrogen (secondary N) is 1. The highest BCUT2D eigenvalue weighted by Gasteiger charge is 2.14. The van der Waals surface area contributed by atoms with Crippen LogP contribution in [0.15, 0.2) is 42.1 Å². The largest absolute Gasteiger partial charge is 0.464 e. The van der Waals surface area contributed by atoms with Crippen molar-refractivity contribution in [1.82, 2.24) is 5.32 Å². The fourth-order valence-electron chi connectivity index (χ4n) is 1.47. The maximum Gasteiger partial charge on any atom is 0.412 e. The summed E-state index contributed by atoms with van der Waals surface area (Å²) in [4.78, 5) is 23.1. The smallest absolute Gasteiger partial charge is 0.412 e. The van der Waals surface area contributed by atoms with Gasteiger partial charge in [0.25, 0.3) is 0 Å². The number of rotatable bonds is 5. The molecule has 5 nitrogen and oxygen atoms in total. The molecule has 0 bridgehead atoms. The normalized spacial score (nSPS) is 11.1. The van der Waals surface area contributed by atoms with Crippen molar-refractivity contribution < 1.29 is 19.1 Å². The number of esters is 1. The maximum absolute atomic E-state index is 11.6. The minimum atomic E-state index is -0.689. The van der Waals surface area contributed by atoms with E-state index in [9.17, 15) is 9.59 Å². The van der Waals surface area contributed by atoms with Gasteiger partial charge in [-0.25, -0.2) is 9.59 Å². The number of benzene rings is 1. The van der Waals surface area contributed by atoms with E-state index in [2.05, 4.69) is 10.1 Å². The molecule has 0 aliphatic heterocycles. The van der Waals surface area contributed by atoms with Crippen LogP contribution in [0.1, 0.15) is 19.4 Å². The Morgan fingerprint density at radius 3 is 2.45 bits per heavy atom. The monoisotopic (exact) mass is 277 g/mol. The second-order valence-electron chi connectivity index (χ2n) is 4.50. The van der Waals surface area contributed by atoms with Gasteiger partial charge in [0.2, 0.25) is 0 Å². The Labute approximate surface area is 118 Å². The molecule has 5 heteroatoms. The number of amides is 1. The van der Waals surface area contributed by atoms with Crippen molar-refractivity contribution in [1.29, 1.82) is 0 Å². The molecule has 0 atom stereocenters. The number of carbonyl (C=O) groups is 2. The lowest BCUT2D eigenvalue weighted by molar-refractivity contribution is -0.136. The number of hydrogen-bond donors (Lipinski definition) is 1. The Balaban J connectivity index is 2.56. The second kappa shape index (κ2) is 7.99. The maximum atomic E-state index is 11.6. The van der Waals surface area contributed by atoms with E-state index >= 15 is 0 Å². The molecule has 0 aromatic heterocycles. The van der Waals surface area contributed by atoms with Crippen LogP contribution in [0.25, 0.3) is 0 Å². The van der Waals surface area contributed by atoms with Gasteiger partial charge in [0.15, 0.2) is 0 Å². The van der Waals surface area contributed by atoms with E-state index in [0.717, 1.165) is 5.56 Å². The molecule has 1 amide bonds. The van der Waals surface area contributed by atoms with Gasteiger partial charge in [-0.05, 0) is 11.5 Å². The van der Waals surface area contributed by atoms with Crippen LogP contribution >= 0.6 is 0 Å². The molecule has 0 aliphatic rings. The highest BCUT2D eigenvalue weighted by atomic mass is 16.6. The lowest BCUT2D eigenvalue weighted by atomic mass is 10.2. The molecule has 20 heavy (non-hydrogen) atoms. The van der Waals surface area contributed by atoms with Crippen molar-refractivity contribution in [3.63, 3.8) is 0 Å². The summed E-state index contributed by atoms with van der Waals surface area (Å²) < 4.78 is 9.64. The fraction of sp³-hybridized carbons (Fsp3) is 0.333. The molecule has 1 rings (SSSR count). The minimum absolute atomic E-state index is 0.0839. The highest BCUT2D eigenvalue weighted by molar-refractivity contribution is 5.92. The van der Waals surface area contributed by atoms with Crippen molar-refractivity contribution in [2.75, 3.05) is 7.11 Å². The van der Waals surface area contributed by atoms with E-state index in [1.807, 2.05) is 44.2 Å². The Hall–Kier alpha value is -2.30. The van der Waals surface area contributed by atoms with Gasteiger partial charge in [0, 0.05) is 0 Å². The van der Waals surface area contributed by atoms with Gasteiger partial charge in [-0.3, -0.25) is 5.32 Å². The number of carbonyl (C=O) groups excluding carboxylic acids is 2. The van der Waals surface area contributed by atoms with E-state index in [1.54, 1.807) is 6.08 Å². The molecule has 0 spiro atoms. The van der Waals surface area contributed by atoms with Crippen LogP contribution in [0, 0.1) is 5.92 Å². The third-order valence-corrected chi connectivity index (χ3v) is 2.35.